The van der Waals surface area contributed by atoms with E-state index in [1.807, 2.05) is 0 Å². The van der Waals surface area contributed by atoms with E-state index in [-0.39, 0.29) is 27.9 Å². The summed E-state index contributed by atoms with van der Waals surface area (Å²) in [6, 6.07) is 7.44. The van der Waals surface area contributed by atoms with Crippen LogP contribution in [0.5, 0.6) is 5.75 Å². The highest BCUT2D eigenvalue weighted by Gasteiger charge is 2.35. The third kappa shape index (κ3) is 3.27. The summed E-state index contributed by atoms with van der Waals surface area (Å²) in [4.78, 5) is 26.0. The molecule has 0 atom stereocenters. The number of allylic oxidation sites excluding steroid dienone is 2. The van der Waals surface area contributed by atoms with E-state index in [2.05, 4.69) is 0 Å². The van der Waals surface area contributed by atoms with Gasteiger partial charge in [-0.1, -0.05) is 23.1 Å². The lowest BCUT2D eigenvalue weighted by Crippen LogP contribution is -2.20. The van der Waals surface area contributed by atoms with Gasteiger partial charge < -0.3 is 14.6 Å². The number of hydrogen-bond donors (Lipinski definition) is 1. The normalized spacial score (nSPS) is 15.3. The number of halogens is 2. The van der Waals surface area contributed by atoms with Gasteiger partial charge in [-0.3, -0.25) is 9.36 Å². The SMILES string of the molecule is CN1C=C(c2cc(F)cc(-c3ccc(-n4ccn(C)c4=O)c(Cl)c3)c2O)CC2=C(B2)C1=O. The van der Waals surface area contributed by atoms with Gasteiger partial charge in [-0.05, 0) is 47.3 Å². The van der Waals surface area contributed by atoms with Crippen LogP contribution in [-0.4, -0.2) is 39.4 Å². The van der Waals surface area contributed by atoms with Crippen molar-refractivity contribution >= 4 is 30.4 Å². The number of imidazole rings is 1. The highest BCUT2D eigenvalue weighted by atomic mass is 35.5. The topological polar surface area (TPSA) is 67.5 Å². The van der Waals surface area contributed by atoms with Crippen molar-refractivity contribution in [2.45, 2.75) is 6.42 Å². The highest BCUT2D eigenvalue weighted by molar-refractivity contribution is 6.75. The zero-order chi connectivity index (χ0) is 22.7. The molecule has 0 spiro atoms. The summed E-state index contributed by atoms with van der Waals surface area (Å²) in [5.41, 5.74) is 3.81. The molecule has 160 valence electrons. The van der Waals surface area contributed by atoms with Gasteiger partial charge in [0.05, 0.1) is 10.7 Å². The molecule has 0 saturated heterocycles. The fraction of sp³-hybridized carbons (Fsp3) is 0.130. The first-order valence-electron chi connectivity index (χ1n) is 10.0. The Morgan fingerprint density at radius 2 is 1.84 bits per heavy atom. The summed E-state index contributed by atoms with van der Waals surface area (Å²) in [6.45, 7) is 0. The molecule has 0 fully saturated rings. The number of phenols is 1. The molecule has 32 heavy (non-hydrogen) atoms. The van der Waals surface area contributed by atoms with Gasteiger partial charge in [0.25, 0.3) is 0 Å². The van der Waals surface area contributed by atoms with Gasteiger partial charge in [-0.2, -0.15) is 0 Å². The molecular formula is C23H18BClFN3O3. The molecule has 6 nitrogen and oxygen atoms in total. The van der Waals surface area contributed by atoms with Gasteiger partial charge in [-0.15, -0.1) is 0 Å². The zero-order valence-corrected chi connectivity index (χ0v) is 18.2. The second-order valence-corrected chi connectivity index (χ2v) is 8.49. The third-order valence-corrected chi connectivity index (χ3v) is 6.21. The molecule has 2 aliphatic heterocycles. The molecule has 2 aromatic carbocycles. The van der Waals surface area contributed by atoms with Gasteiger partial charge in [-0.25, -0.2) is 9.18 Å². The monoisotopic (exact) mass is 449 g/mol. The number of likely N-dealkylation sites (N-methyl/N-ethyl adjacent to an activating group) is 1. The van der Waals surface area contributed by atoms with E-state index < -0.39 is 5.82 Å². The second-order valence-electron chi connectivity index (χ2n) is 8.08. The Morgan fingerprint density at radius 3 is 2.53 bits per heavy atom. The average molecular weight is 450 g/mol. The first-order chi connectivity index (χ1) is 15.2. The molecule has 0 bridgehead atoms. The molecule has 0 unspecified atom stereocenters. The van der Waals surface area contributed by atoms with Crippen LogP contribution in [0.3, 0.4) is 0 Å². The molecule has 9 heteroatoms. The second kappa shape index (κ2) is 7.27. The number of aromatic nitrogens is 2. The van der Waals surface area contributed by atoms with Crippen LogP contribution in [0.25, 0.3) is 22.4 Å². The van der Waals surface area contributed by atoms with E-state index in [4.69, 9.17) is 11.6 Å². The zero-order valence-electron chi connectivity index (χ0n) is 17.4. The van der Waals surface area contributed by atoms with Gasteiger partial charge in [0.2, 0.25) is 5.91 Å². The molecule has 3 aromatic rings. The quantitative estimate of drug-likeness (QED) is 0.625. The van der Waals surface area contributed by atoms with Crippen LogP contribution in [0, 0.1) is 5.82 Å². The first kappa shape index (κ1) is 20.4. The van der Waals surface area contributed by atoms with Gasteiger partial charge in [0.1, 0.15) is 11.6 Å². The number of phenolic OH excluding ortho intramolecular Hbond substituents is 1. The standard InChI is InChI=1S/C23H18BClFN3O3/c1-27-5-6-29(23(27)32)19-4-3-12(8-18(19)25)15-9-14(26)10-16(21(15)30)13-7-17-20(24-17)22(31)28(2)11-13/h3-6,8-11,24,30H,7H2,1-2H3. The summed E-state index contributed by atoms with van der Waals surface area (Å²) < 4.78 is 17.5. The summed E-state index contributed by atoms with van der Waals surface area (Å²) in [7, 11) is 3.94. The summed E-state index contributed by atoms with van der Waals surface area (Å²) in [5, 5.41) is 11.3. The van der Waals surface area contributed by atoms with Crippen molar-refractivity contribution < 1.29 is 14.3 Å². The summed E-state index contributed by atoms with van der Waals surface area (Å²) >= 11 is 6.45. The number of nitrogens with zero attached hydrogens (tertiary/aromatic N) is 3. The fourth-order valence-corrected chi connectivity index (χ4v) is 4.36. The lowest BCUT2D eigenvalue weighted by Gasteiger charge is -2.16. The number of carbonyl (C=O) groups excluding carboxylic acids is 1. The van der Waals surface area contributed by atoms with Crippen molar-refractivity contribution in [1.82, 2.24) is 14.0 Å². The summed E-state index contributed by atoms with van der Waals surface area (Å²) in [5.74, 6) is -0.676. The Balaban J connectivity index is 1.59. The molecule has 1 amide bonds. The molecular weight excluding hydrogens is 432 g/mol. The molecule has 3 heterocycles. The Kier molecular flexibility index (Phi) is 4.63. The van der Waals surface area contributed by atoms with Crippen molar-refractivity contribution in [2.24, 2.45) is 7.05 Å². The van der Waals surface area contributed by atoms with Crippen LogP contribution in [-0.2, 0) is 11.8 Å². The summed E-state index contributed by atoms with van der Waals surface area (Å²) in [6.07, 6.45) is 5.36. The van der Waals surface area contributed by atoms with Crippen LogP contribution in [0.1, 0.15) is 12.0 Å². The lowest BCUT2D eigenvalue weighted by molar-refractivity contribution is -0.122. The minimum Gasteiger partial charge on any atom is -0.507 e. The first-order valence-corrected chi connectivity index (χ1v) is 10.4. The lowest BCUT2D eigenvalue weighted by atomic mass is 9.86. The minimum absolute atomic E-state index is 0.0651. The maximum absolute atomic E-state index is 14.6. The Labute approximate surface area is 188 Å². The van der Waals surface area contributed by atoms with E-state index in [9.17, 15) is 19.1 Å². The fourth-order valence-electron chi connectivity index (χ4n) is 4.09. The van der Waals surface area contributed by atoms with E-state index in [1.54, 1.807) is 50.9 Å². The number of aromatic hydroxyl groups is 1. The van der Waals surface area contributed by atoms with E-state index in [0.29, 0.717) is 36.1 Å². The van der Waals surface area contributed by atoms with E-state index in [0.717, 1.165) is 10.9 Å². The molecule has 0 aliphatic carbocycles. The van der Waals surface area contributed by atoms with Crippen molar-refractivity contribution in [3.8, 4) is 22.6 Å². The Morgan fingerprint density at radius 1 is 1.09 bits per heavy atom. The third-order valence-electron chi connectivity index (χ3n) is 5.91. The molecule has 1 N–H and O–H groups in total. The van der Waals surface area contributed by atoms with E-state index in [1.165, 1.54) is 26.2 Å². The number of rotatable bonds is 3. The number of amides is 1. The molecule has 5 rings (SSSR count). The van der Waals surface area contributed by atoms with Crippen molar-refractivity contribution in [3.05, 3.63) is 86.8 Å². The van der Waals surface area contributed by atoms with Crippen molar-refractivity contribution in [2.75, 3.05) is 7.05 Å². The molecule has 2 aliphatic rings. The molecule has 0 radical (unpaired) electrons. The average Bonchev–Trinajstić information content (AvgIpc) is 3.47. The van der Waals surface area contributed by atoms with E-state index >= 15 is 0 Å². The van der Waals surface area contributed by atoms with Gasteiger partial charge in [0.15, 0.2) is 7.28 Å². The van der Waals surface area contributed by atoms with Crippen molar-refractivity contribution in [3.63, 3.8) is 0 Å². The predicted molar refractivity (Wildman–Crippen MR) is 123 cm³/mol. The highest BCUT2D eigenvalue weighted by Crippen LogP contribution is 2.43. The van der Waals surface area contributed by atoms with Crippen LogP contribution >= 0.6 is 11.6 Å². The molecule has 1 aromatic heterocycles. The number of hydrogen-bond acceptors (Lipinski definition) is 3. The van der Waals surface area contributed by atoms with Crippen LogP contribution < -0.4 is 5.69 Å². The number of aryl methyl sites for hydroxylation is 1. The maximum atomic E-state index is 14.6. The van der Waals surface area contributed by atoms with Gasteiger partial charge >= 0.3 is 5.69 Å². The van der Waals surface area contributed by atoms with Gasteiger partial charge in [0, 0.05) is 43.8 Å². The predicted octanol–water partition coefficient (Wildman–Crippen LogP) is 3.21. The number of carbonyl (C=O) groups is 1. The van der Waals surface area contributed by atoms with Crippen LogP contribution in [0.15, 0.2) is 64.7 Å². The van der Waals surface area contributed by atoms with Crippen molar-refractivity contribution in [1.29, 1.82) is 0 Å². The Hall–Kier alpha value is -3.52. The smallest absolute Gasteiger partial charge is 0.332 e. The van der Waals surface area contributed by atoms with Crippen LogP contribution in [0.2, 0.25) is 5.02 Å². The largest absolute Gasteiger partial charge is 0.507 e. The van der Waals surface area contributed by atoms with Crippen LogP contribution in [0.4, 0.5) is 4.39 Å². The molecule has 0 saturated carbocycles. The maximum Gasteiger partial charge on any atom is 0.332 e. The minimum atomic E-state index is -0.517. The number of benzene rings is 2. The Bertz CT molecular complexity index is 1440.